The molecule has 0 amide bonds. The highest BCUT2D eigenvalue weighted by molar-refractivity contribution is 5.91. The zero-order valence-electron chi connectivity index (χ0n) is 11.4. The molecule has 0 aromatic carbocycles. The Hall–Kier alpha value is -1.40. The van der Waals surface area contributed by atoms with E-state index in [-0.39, 0.29) is 12.5 Å². The first-order valence-electron chi connectivity index (χ1n) is 5.70. The van der Waals surface area contributed by atoms with Gasteiger partial charge in [-0.1, -0.05) is 13.8 Å². The molecule has 0 unspecified atom stereocenters. The Balaban J connectivity index is 3.95. The van der Waals surface area contributed by atoms with Gasteiger partial charge >= 0.3 is 11.9 Å². The fourth-order valence-electron chi connectivity index (χ4n) is 0.589. The van der Waals surface area contributed by atoms with Gasteiger partial charge in [-0.2, -0.15) is 4.89 Å². The summed E-state index contributed by atoms with van der Waals surface area (Å²) in [5.41, 5.74) is -0.592. The minimum atomic E-state index is -0.859. The zero-order chi connectivity index (χ0) is 14.2. The molecule has 0 fully saturated rings. The van der Waals surface area contributed by atoms with Crippen LogP contribution in [0.2, 0.25) is 0 Å². The molecule has 0 atom stereocenters. The first-order chi connectivity index (χ1) is 8.29. The SMILES string of the molecule is CCOC(=O)C=CC(=O)OOOC(C)(C)C(C)C. The lowest BCUT2D eigenvalue weighted by Gasteiger charge is -2.25. The summed E-state index contributed by atoms with van der Waals surface area (Å²) in [4.78, 5) is 31.2. The lowest BCUT2D eigenvalue weighted by molar-refractivity contribution is -0.519. The van der Waals surface area contributed by atoms with E-state index < -0.39 is 17.5 Å². The van der Waals surface area contributed by atoms with Gasteiger partial charge in [-0.25, -0.2) is 9.59 Å². The molecule has 0 N–H and O–H groups in total. The molecule has 0 aliphatic carbocycles. The average Bonchev–Trinajstić information content (AvgIpc) is 2.26. The maximum atomic E-state index is 11.1. The van der Waals surface area contributed by atoms with E-state index in [2.05, 4.69) is 14.7 Å². The van der Waals surface area contributed by atoms with Crippen molar-refractivity contribution in [1.29, 1.82) is 0 Å². The summed E-state index contributed by atoms with van der Waals surface area (Å²) >= 11 is 0. The summed E-state index contributed by atoms with van der Waals surface area (Å²) in [6.07, 6.45) is 1.84. The normalized spacial score (nSPS) is 11.9. The molecule has 0 aromatic rings. The van der Waals surface area contributed by atoms with Crippen LogP contribution in [0.3, 0.4) is 0 Å². The van der Waals surface area contributed by atoms with Crippen molar-refractivity contribution in [3.8, 4) is 0 Å². The van der Waals surface area contributed by atoms with Crippen LogP contribution in [0.4, 0.5) is 0 Å². The summed E-state index contributed by atoms with van der Waals surface area (Å²) in [5, 5.41) is 4.36. The third-order valence-electron chi connectivity index (χ3n) is 2.40. The minimum absolute atomic E-state index is 0.172. The lowest BCUT2D eigenvalue weighted by Crippen LogP contribution is -2.31. The smallest absolute Gasteiger partial charge is 0.369 e. The highest BCUT2D eigenvalue weighted by Gasteiger charge is 2.25. The van der Waals surface area contributed by atoms with E-state index in [1.54, 1.807) is 20.8 Å². The predicted molar refractivity (Wildman–Crippen MR) is 63.0 cm³/mol. The Morgan fingerprint density at radius 2 is 1.72 bits per heavy atom. The molecule has 0 spiro atoms. The standard InChI is InChI=1S/C12H20O6/c1-6-15-10(13)7-8-11(14)16-18-17-12(4,5)9(2)3/h7-9H,6H2,1-5H3. The second-order valence-electron chi connectivity index (χ2n) is 4.40. The van der Waals surface area contributed by atoms with Crippen LogP contribution in [0.15, 0.2) is 12.2 Å². The third-order valence-corrected chi connectivity index (χ3v) is 2.40. The number of carbonyl (C=O) groups is 2. The van der Waals surface area contributed by atoms with E-state index in [1.807, 2.05) is 13.8 Å². The highest BCUT2D eigenvalue weighted by Crippen LogP contribution is 2.20. The van der Waals surface area contributed by atoms with Crippen molar-refractivity contribution >= 4 is 11.9 Å². The molecule has 0 heterocycles. The summed E-state index contributed by atoms with van der Waals surface area (Å²) < 4.78 is 4.58. The molecule has 6 heteroatoms. The van der Waals surface area contributed by atoms with Crippen molar-refractivity contribution in [2.75, 3.05) is 6.61 Å². The zero-order valence-corrected chi connectivity index (χ0v) is 11.4. The summed E-state index contributed by atoms with van der Waals surface area (Å²) in [6, 6.07) is 0. The molecule has 0 saturated carbocycles. The van der Waals surface area contributed by atoms with E-state index >= 15 is 0 Å². The maximum absolute atomic E-state index is 11.1. The van der Waals surface area contributed by atoms with E-state index in [1.165, 1.54) is 0 Å². The van der Waals surface area contributed by atoms with Gasteiger partial charge in [0.15, 0.2) is 0 Å². The molecular formula is C12H20O6. The Labute approximate surface area is 107 Å². The number of ether oxygens (including phenoxy) is 1. The lowest BCUT2D eigenvalue weighted by atomic mass is 9.95. The van der Waals surface area contributed by atoms with Gasteiger partial charge in [0, 0.05) is 12.2 Å². The van der Waals surface area contributed by atoms with Gasteiger partial charge in [0.05, 0.1) is 6.61 Å². The molecule has 0 aliphatic rings. The number of hydrogen-bond donors (Lipinski definition) is 0. The average molecular weight is 260 g/mol. The molecule has 0 bridgehead atoms. The molecule has 0 saturated heterocycles. The van der Waals surface area contributed by atoms with E-state index in [4.69, 9.17) is 4.89 Å². The van der Waals surface area contributed by atoms with Crippen LogP contribution in [0.25, 0.3) is 0 Å². The monoisotopic (exact) mass is 260 g/mol. The molecule has 0 aliphatic heterocycles. The van der Waals surface area contributed by atoms with Crippen molar-refractivity contribution in [3.63, 3.8) is 0 Å². The molecule has 0 radical (unpaired) electrons. The topological polar surface area (TPSA) is 71.1 Å². The quantitative estimate of drug-likeness (QED) is 0.301. The number of carbonyl (C=O) groups excluding carboxylic acids is 2. The third kappa shape index (κ3) is 7.03. The Morgan fingerprint density at radius 1 is 1.17 bits per heavy atom. The summed E-state index contributed by atoms with van der Waals surface area (Å²) in [7, 11) is 0. The second-order valence-corrected chi connectivity index (χ2v) is 4.40. The summed E-state index contributed by atoms with van der Waals surface area (Å²) in [6.45, 7) is 9.35. The van der Waals surface area contributed by atoms with E-state index in [0.717, 1.165) is 12.2 Å². The van der Waals surface area contributed by atoms with Crippen molar-refractivity contribution in [1.82, 2.24) is 0 Å². The molecule has 104 valence electrons. The fraction of sp³-hybridized carbons (Fsp3) is 0.667. The van der Waals surface area contributed by atoms with Crippen molar-refractivity contribution in [2.45, 2.75) is 40.2 Å². The van der Waals surface area contributed by atoms with Gasteiger partial charge in [0.2, 0.25) is 0 Å². The van der Waals surface area contributed by atoms with Gasteiger partial charge in [0.1, 0.15) is 5.60 Å². The molecule has 0 rings (SSSR count). The largest absolute Gasteiger partial charge is 0.463 e. The minimum Gasteiger partial charge on any atom is -0.463 e. The van der Waals surface area contributed by atoms with Crippen LogP contribution < -0.4 is 0 Å². The molecule has 0 aromatic heterocycles. The number of rotatable bonds is 7. The molecule has 18 heavy (non-hydrogen) atoms. The van der Waals surface area contributed by atoms with E-state index in [9.17, 15) is 9.59 Å². The molecular weight excluding hydrogens is 240 g/mol. The van der Waals surface area contributed by atoms with Crippen LogP contribution in [0.1, 0.15) is 34.6 Å². The van der Waals surface area contributed by atoms with Crippen molar-refractivity contribution in [2.24, 2.45) is 5.92 Å². The maximum Gasteiger partial charge on any atom is 0.369 e. The van der Waals surface area contributed by atoms with Crippen molar-refractivity contribution < 1.29 is 29.1 Å². The van der Waals surface area contributed by atoms with Gasteiger partial charge < -0.3 is 4.74 Å². The summed E-state index contributed by atoms with van der Waals surface area (Å²) in [5.74, 6) is -1.31. The van der Waals surface area contributed by atoms with Crippen LogP contribution >= 0.6 is 0 Å². The second kappa shape index (κ2) is 7.84. The number of esters is 1. The van der Waals surface area contributed by atoms with Crippen LogP contribution in [0, 0.1) is 5.92 Å². The Kier molecular flexibility index (Phi) is 7.23. The van der Waals surface area contributed by atoms with Crippen LogP contribution in [-0.2, 0) is 29.1 Å². The molecule has 6 nitrogen and oxygen atoms in total. The van der Waals surface area contributed by atoms with Crippen molar-refractivity contribution in [3.05, 3.63) is 12.2 Å². The first kappa shape index (κ1) is 16.6. The Morgan fingerprint density at radius 3 is 2.22 bits per heavy atom. The highest BCUT2D eigenvalue weighted by atomic mass is 17.5. The first-order valence-corrected chi connectivity index (χ1v) is 5.70. The Bertz CT molecular complexity index is 306. The van der Waals surface area contributed by atoms with Gasteiger partial charge in [-0.15, -0.1) is 0 Å². The number of hydrogen-bond acceptors (Lipinski definition) is 6. The van der Waals surface area contributed by atoms with Gasteiger partial charge in [-0.05, 0) is 31.7 Å². The fourth-order valence-corrected chi connectivity index (χ4v) is 0.589. The van der Waals surface area contributed by atoms with Gasteiger partial charge in [0.25, 0.3) is 0 Å². The van der Waals surface area contributed by atoms with Crippen LogP contribution in [-0.4, -0.2) is 24.1 Å². The van der Waals surface area contributed by atoms with E-state index in [0.29, 0.717) is 0 Å². The van der Waals surface area contributed by atoms with Gasteiger partial charge in [-0.3, -0.25) is 4.89 Å². The predicted octanol–water partition coefficient (Wildman–Crippen LogP) is 1.95. The van der Waals surface area contributed by atoms with Crippen LogP contribution in [0.5, 0.6) is 0 Å².